The number of amides is 10. The van der Waals surface area contributed by atoms with Crippen LogP contribution >= 0.6 is 0 Å². The number of carbonyl (C=O) groups excluding carboxylic acids is 10. The quantitative estimate of drug-likeness (QED) is 0.0181. The number of carbonyl (C=O) groups is 10. The molecule has 25 nitrogen and oxygen atoms in total. The molecule has 2 unspecified atom stereocenters. The molecule has 1 aliphatic heterocycles. The molecule has 0 aromatic carbocycles. The third kappa shape index (κ3) is 20.7. The number of hydrogen-bond acceptors (Lipinski definition) is 13. The lowest BCUT2D eigenvalue weighted by Crippen LogP contribution is -2.62. The number of aliphatic hydroxyl groups excluding tert-OH is 1. The summed E-state index contributed by atoms with van der Waals surface area (Å²) in [7, 11) is 1.45. The Hall–Kier alpha value is -7.18. The second-order valence-corrected chi connectivity index (χ2v) is 20.3. The van der Waals surface area contributed by atoms with Gasteiger partial charge in [-0.1, -0.05) is 59.6 Å². The molecule has 2 aliphatic rings. The molecule has 1 aromatic rings. The molecular weight excluding hydrogens is 997 g/mol. The number of nitrogens with one attached hydrogen (secondary N) is 8. The second kappa shape index (κ2) is 31.8. The van der Waals surface area contributed by atoms with Gasteiger partial charge in [-0.25, -0.2) is 0 Å². The summed E-state index contributed by atoms with van der Waals surface area (Å²) in [5, 5.41) is 32.3. The van der Waals surface area contributed by atoms with Crippen LogP contribution < -0.4 is 54.0 Å². The molecule has 1 aliphatic carbocycles. The van der Waals surface area contributed by atoms with Crippen LogP contribution in [0, 0.1) is 24.7 Å². The topological polar surface area (TPSA) is 371 Å². The maximum atomic E-state index is 14.2. The molecule has 10 amide bonds. The number of nitrogens with two attached hydrogens (primary N) is 2. The standard InChI is InChI=1S/C52H84N14O11/c1-10-15-36(45(71)63-42(30(6)11-2)48(74)61-37(16-13-22-56-52(53)54)51(77)66-23-14-17-39(66)47(73)55-12-3)60-49(75)43(32(8)67)64-46(72)38(24-29(4)5)62-44(70)33-20-21-35(25-33)59-40(68)27-58-41(69)28-65(9)50(76)34-19-18-31(7)57-26-34/h18-21,26,29-30,32-33,35-39,42-43,67H,10-17,22-25,27-28H2,1-9H3,(H,55,73)(H,58,69)(H,59,68)(H,60,75)(H,61,74)(H,62,70)(H,63,71)(H,64,72)(H4,53,54,56)/t30-,32+,33?,35?,36-,37-,38+,39-,42-,43-/m0/s1. The molecule has 0 radical (unpaired) electrons. The summed E-state index contributed by atoms with van der Waals surface area (Å²) in [6.45, 7) is 14.0. The lowest BCUT2D eigenvalue weighted by Gasteiger charge is -2.31. The number of likely N-dealkylation sites (N-methyl/N-ethyl adjacent to an activating group) is 2. The number of aliphatic imine (C=N–C) groups is 1. The van der Waals surface area contributed by atoms with Crippen molar-refractivity contribution in [1.29, 1.82) is 0 Å². The van der Waals surface area contributed by atoms with Crippen molar-refractivity contribution < 1.29 is 53.1 Å². The number of nitrogens with zero attached hydrogens (tertiary/aromatic N) is 4. The Balaban J connectivity index is 1.65. The van der Waals surface area contributed by atoms with Gasteiger partial charge < -0.3 is 68.9 Å². The molecule has 25 heteroatoms. The molecule has 3 rings (SSSR count). The van der Waals surface area contributed by atoms with Gasteiger partial charge in [0.2, 0.25) is 53.2 Å². The van der Waals surface area contributed by atoms with Crippen LogP contribution in [-0.4, -0.2) is 173 Å². The van der Waals surface area contributed by atoms with E-state index in [2.05, 4.69) is 52.5 Å². The van der Waals surface area contributed by atoms with E-state index in [1.807, 2.05) is 20.8 Å². The van der Waals surface area contributed by atoms with Gasteiger partial charge in [0.15, 0.2) is 5.96 Å². The summed E-state index contributed by atoms with van der Waals surface area (Å²) in [4.78, 5) is 145. The molecule has 1 fully saturated rings. The van der Waals surface area contributed by atoms with E-state index in [1.165, 1.54) is 30.0 Å². The minimum Gasteiger partial charge on any atom is -0.391 e. The van der Waals surface area contributed by atoms with Crippen molar-refractivity contribution >= 4 is 65.0 Å². The molecule has 2 heterocycles. The van der Waals surface area contributed by atoms with E-state index in [9.17, 15) is 53.1 Å². The summed E-state index contributed by atoms with van der Waals surface area (Å²) in [6.07, 6.45) is 5.79. The van der Waals surface area contributed by atoms with Gasteiger partial charge in [0.1, 0.15) is 36.3 Å². The highest BCUT2D eigenvalue weighted by molar-refractivity contribution is 5.98. The van der Waals surface area contributed by atoms with Crippen molar-refractivity contribution in [2.75, 3.05) is 39.8 Å². The predicted octanol–water partition coefficient (Wildman–Crippen LogP) is -1.48. The zero-order valence-electron chi connectivity index (χ0n) is 46.1. The molecule has 10 atom stereocenters. The smallest absolute Gasteiger partial charge is 0.255 e. The van der Waals surface area contributed by atoms with Crippen LogP contribution in [0.4, 0.5) is 0 Å². The summed E-state index contributed by atoms with van der Waals surface area (Å²) in [6, 6.07) is -4.31. The summed E-state index contributed by atoms with van der Waals surface area (Å²) >= 11 is 0. The Morgan fingerprint density at radius 1 is 0.805 bits per heavy atom. The highest BCUT2D eigenvalue weighted by atomic mass is 16.3. The third-order valence-electron chi connectivity index (χ3n) is 13.3. The van der Waals surface area contributed by atoms with Gasteiger partial charge in [0, 0.05) is 44.6 Å². The number of hydrogen-bond donors (Lipinski definition) is 11. The molecule has 77 heavy (non-hydrogen) atoms. The maximum absolute atomic E-state index is 14.2. The summed E-state index contributed by atoms with van der Waals surface area (Å²) in [5.74, 6) is -7.42. The summed E-state index contributed by atoms with van der Waals surface area (Å²) < 4.78 is 0. The normalized spacial score (nSPS) is 18.5. The minimum absolute atomic E-state index is 0.0962. The fourth-order valence-electron chi connectivity index (χ4n) is 8.83. The monoisotopic (exact) mass is 1080 g/mol. The average Bonchev–Trinajstić information content (AvgIpc) is 4.07. The lowest BCUT2D eigenvalue weighted by atomic mass is 9.96. The average molecular weight is 1080 g/mol. The van der Waals surface area contributed by atoms with Crippen molar-refractivity contribution in [2.45, 2.75) is 162 Å². The molecule has 428 valence electrons. The first-order chi connectivity index (χ1) is 36.4. The fraction of sp³-hybridized carbons (Fsp3) is 0.654. The van der Waals surface area contributed by atoms with Crippen molar-refractivity contribution in [3.8, 4) is 0 Å². The Morgan fingerprint density at radius 3 is 2.08 bits per heavy atom. The first-order valence-electron chi connectivity index (χ1n) is 26.7. The van der Waals surface area contributed by atoms with Crippen molar-refractivity contribution in [2.24, 2.45) is 34.2 Å². The Labute approximate surface area is 451 Å². The summed E-state index contributed by atoms with van der Waals surface area (Å²) in [5.41, 5.74) is 12.0. The van der Waals surface area contributed by atoms with Gasteiger partial charge in [-0.2, -0.15) is 0 Å². The largest absolute Gasteiger partial charge is 0.391 e. The van der Waals surface area contributed by atoms with Gasteiger partial charge in [0.25, 0.3) is 5.91 Å². The molecular formula is C52H84N14O11. The molecule has 13 N–H and O–H groups in total. The zero-order valence-corrected chi connectivity index (χ0v) is 46.1. The van der Waals surface area contributed by atoms with E-state index in [0.717, 1.165) is 5.69 Å². The number of aryl methyl sites for hydroxylation is 1. The number of aromatic nitrogens is 1. The minimum atomic E-state index is -1.59. The SMILES string of the molecule is CCC[C@H](NC(=O)[C@@H](NC(=O)[C@@H](CC(C)C)NC(=O)C1C=CC(NC(=O)CNC(=O)CN(C)C(=O)c2ccc(C)nc2)C1)[C@@H](C)O)C(=O)N[C@H](C(=O)N[C@@H](CCCN=C(N)N)C(=O)N1CCC[C@H]1C(=O)NCC)[C@@H](C)CC. The molecule has 0 bridgehead atoms. The van der Waals surface area contributed by atoms with Crippen LogP contribution in [0.15, 0.2) is 35.5 Å². The number of aliphatic hydroxyl groups is 1. The van der Waals surface area contributed by atoms with Crippen molar-refractivity contribution in [3.63, 3.8) is 0 Å². The van der Waals surface area contributed by atoms with Crippen LogP contribution in [-0.2, 0) is 43.2 Å². The second-order valence-electron chi connectivity index (χ2n) is 20.3. The number of rotatable bonds is 30. The van der Waals surface area contributed by atoms with Crippen molar-refractivity contribution in [1.82, 2.24) is 57.3 Å². The molecule has 0 spiro atoms. The van der Waals surface area contributed by atoms with Gasteiger partial charge in [0.05, 0.1) is 30.7 Å². The Morgan fingerprint density at radius 2 is 1.47 bits per heavy atom. The molecule has 1 saturated heterocycles. The maximum Gasteiger partial charge on any atom is 0.255 e. The lowest BCUT2D eigenvalue weighted by molar-refractivity contribution is -0.142. The highest BCUT2D eigenvalue weighted by Gasteiger charge is 2.40. The van der Waals surface area contributed by atoms with Crippen LogP contribution in [0.1, 0.15) is 122 Å². The third-order valence-corrected chi connectivity index (χ3v) is 13.3. The molecule has 0 saturated carbocycles. The van der Waals surface area contributed by atoms with Gasteiger partial charge in [-0.3, -0.25) is 57.9 Å². The van der Waals surface area contributed by atoms with Crippen LogP contribution in [0.3, 0.4) is 0 Å². The van der Waals surface area contributed by atoms with Gasteiger partial charge in [-0.05, 0) is 89.7 Å². The first kappa shape index (κ1) is 64.1. The number of likely N-dealkylation sites (tertiary alicyclic amines) is 1. The van der Waals surface area contributed by atoms with E-state index < -0.39 is 113 Å². The van der Waals surface area contributed by atoms with Crippen molar-refractivity contribution in [3.05, 3.63) is 41.7 Å². The first-order valence-corrected chi connectivity index (χ1v) is 26.7. The zero-order chi connectivity index (χ0) is 57.5. The molecule has 1 aromatic heterocycles. The van der Waals surface area contributed by atoms with E-state index in [1.54, 1.807) is 52.0 Å². The predicted molar refractivity (Wildman–Crippen MR) is 287 cm³/mol. The van der Waals surface area contributed by atoms with Crippen LogP contribution in [0.2, 0.25) is 0 Å². The van der Waals surface area contributed by atoms with Gasteiger partial charge in [-0.15, -0.1) is 0 Å². The highest BCUT2D eigenvalue weighted by Crippen LogP contribution is 2.22. The van der Waals surface area contributed by atoms with E-state index >= 15 is 0 Å². The van der Waals surface area contributed by atoms with Crippen LogP contribution in [0.25, 0.3) is 0 Å². The Kier molecular flexibility index (Phi) is 26.4. The van der Waals surface area contributed by atoms with E-state index in [4.69, 9.17) is 11.5 Å². The fourth-order valence-corrected chi connectivity index (χ4v) is 8.83. The van der Waals surface area contributed by atoms with E-state index in [0.29, 0.717) is 50.8 Å². The van der Waals surface area contributed by atoms with Crippen LogP contribution in [0.5, 0.6) is 0 Å². The van der Waals surface area contributed by atoms with E-state index in [-0.39, 0.29) is 63.1 Å². The Bertz CT molecular complexity index is 2270. The van der Waals surface area contributed by atoms with Gasteiger partial charge >= 0.3 is 0 Å². The number of pyridine rings is 1. The number of guanidine groups is 1.